The number of nitrogens with zero attached hydrogens (tertiary/aromatic N) is 5. The molecule has 0 aliphatic rings. The third-order valence-corrected chi connectivity index (χ3v) is 6.24. The van der Waals surface area contributed by atoms with E-state index >= 15 is 0 Å². The van der Waals surface area contributed by atoms with Crippen molar-refractivity contribution in [1.29, 1.82) is 0 Å². The van der Waals surface area contributed by atoms with Crippen LogP contribution in [0.4, 0.5) is 0 Å². The van der Waals surface area contributed by atoms with Crippen molar-refractivity contribution < 1.29 is 9.53 Å². The summed E-state index contributed by atoms with van der Waals surface area (Å²) in [7, 11) is 1.81. The molecule has 0 radical (unpaired) electrons. The summed E-state index contributed by atoms with van der Waals surface area (Å²) in [4.78, 5) is 20.0. The minimum absolute atomic E-state index is 0.0494. The van der Waals surface area contributed by atoms with Gasteiger partial charge in [-0.3, -0.25) is 4.79 Å². The van der Waals surface area contributed by atoms with Crippen LogP contribution >= 0.6 is 11.3 Å². The lowest BCUT2D eigenvalue weighted by molar-refractivity contribution is 0.0789. The number of benzene rings is 2. The van der Waals surface area contributed by atoms with Gasteiger partial charge >= 0.3 is 0 Å². The molecule has 1 amide bonds. The van der Waals surface area contributed by atoms with E-state index in [9.17, 15) is 4.79 Å². The fourth-order valence-corrected chi connectivity index (χ4v) is 4.52. The summed E-state index contributed by atoms with van der Waals surface area (Å²) in [6, 6.07) is 17.6. The molecule has 164 valence electrons. The van der Waals surface area contributed by atoms with Crippen molar-refractivity contribution in [3.05, 3.63) is 76.4 Å². The summed E-state index contributed by atoms with van der Waals surface area (Å²) in [6.07, 6.45) is 0. The number of amides is 1. The molecule has 4 rings (SSSR count). The number of thiazole rings is 1. The molecule has 7 nitrogen and oxygen atoms in total. The number of carbonyl (C=O) groups is 1. The van der Waals surface area contributed by atoms with Crippen LogP contribution in [0, 0.1) is 13.8 Å². The van der Waals surface area contributed by atoms with Crippen molar-refractivity contribution in [3.63, 3.8) is 0 Å². The fourth-order valence-electron chi connectivity index (χ4n) is 3.42. The lowest BCUT2D eigenvalue weighted by Crippen LogP contribution is -2.26. The van der Waals surface area contributed by atoms with Crippen molar-refractivity contribution in [2.45, 2.75) is 27.3 Å². The Morgan fingerprint density at radius 2 is 1.81 bits per heavy atom. The van der Waals surface area contributed by atoms with E-state index in [1.54, 1.807) is 9.58 Å². The molecule has 0 aliphatic heterocycles. The van der Waals surface area contributed by atoms with Crippen LogP contribution in [0.5, 0.6) is 5.75 Å². The number of carbonyl (C=O) groups excluding carboxylic acids is 1. The molecule has 0 saturated carbocycles. The molecule has 0 bridgehead atoms. The Morgan fingerprint density at radius 1 is 1.09 bits per heavy atom. The smallest absolute Gasteiger partial charge is 0.265 e. The molecule has 0 saturated heterocycles. The lowest BCUT2D eigenvalue weighted by atomic mass is 10.2. The van der Waals surface area contributed by atoms with Gasteiger partial charge in [0.2, 0.25) is 0 Å². The van der Waals surface area contributed by atoms with Gasteiger partial charge in [-0.25, -0.2) is 9.67 Å². The number of ether oxygens (including phenoxy) is 1. The Balaban J connectivity index is 1.57. The van der Waals surface area contributed by atoms with Crippen LogP contribution in [0.1, 0.15) is 33.5 Å². The molecule has 2 aromatic heterocycles. The van der Waals surface area contributed by atoms with Crippen LogP contribution < -0.4 is 4.74 Å². The Kier molecular flexibility index (Phi) is 6.32. The monoisotopic (exact) mass is 447 g/mol. The number of hydrogen-bond donors (Lipinski definition) is 0. The third kappa shape index (κ3) is 4.40. The number of aromatic nitrogens is 4. The van der Waals surface area contributed by atoms with Crippen LogP contribution in [0.3, 0.4) is 0 Å². The standard InChI is InChI=1S/C24H25N5O2S/c1-5-31-20-13-11-19(12-14-20)29-17(3)21(26-27-29)23-25-16(2)22(32-23)24(30)28(4)15-18-9-7-6-8-10-18/h6-14H,5,15H2,1-4H3. The molecule has 2 heterocycles. The van der Waals surface area contributed by atoms with Crippen LogP contribution in [-0.4, -0.2) is 44.4 Å². The zero-order valence-corrected chi connectivity index (χ0v) is 19.4. The van der Waals surface area contributed by atoms with E-state index in [4.69, 9.17) is 4.74 Å². The van der Waals surface area contributed by atoms with E-state index in [2.05, 4.69) is 15.3 Å². The van der Waals surface area contributed by atoms with Gasteiger partial charge in [0.25, 0.3) is 5.91 Å². The molecule has 0 unspecified atom stereocenters. The minimum atomic E-state index is -0.0494. The molecule has 0 aliphatic carbocycles. The maximum Gasteiger partial charge on any atom is 0.265 e. The maximum atomic E-state index is 13.1. The lowest BCUT2D eigenvalue weighted by Gasteiger charge is -2.16. The van der Waals surface area contributed by atoms with Gasteiger partial charge in [-0.05, 0) is 50.6 Å². The quantitative estimate of drug-likeness (QED) is 0.411. The number of aryl methyl sites for hydroxylation is 1. The first-order valence-electron chi connectivity index (χ1n) is 10.4. The minimum Gasteiger partial charge on any atom is -0.494 e. The summed E-state index contributed by atoms with van der Waals surface area (Å²) < 4.78 is 7.28. The molecule has 0 atom stereocenters. The van der Waals surface area contributed by atoms with Gasteiger partial charge in [-0.2, -0.15) is 0 Å². The SMILES string of the molecule is CCOc1ccc(-n2nnc(-c3nc(C)c(C(=O)N(C)Cc4ccccc4)s3)c2C)cc1. The molecule has 0 N–H and O–H groups in total. The van der Waals surface area contributed by atoms with Crippen molar-refractivity contribution in [2.75, 3.05) is 13.7 Å². The second-order valence-corrected chi connectivity index (χ2v) is 8.44. The van der Waals surface area contributed by atoms with Gasteiger partial charge in [-0.15, -0.1) is 16.4 Å². The van der Waals surface area contributed by atoms with Gasteiger partial charge in [0.1, 0.15) is 21.3 Å². The first-order chi connectivity index (χ1) is 15.5. The number of rotatable bonds is 7. The zero-order valence-electron chi connectivity index (χ0n) is 18.6. The third-order valence-electron chi connectivity index (χ3n) is 5.09. The summed E-state index contributed by atoms with van der Waals surface area (Å²) in [5.74, 6) is 0.763. The second kappa shape index (κ2) is 9.32. The summed E-state index contributed by atoms with van der Waals surface area (Å²) in [5.41, 5.74) is 4.21. The van der Waals surface area contributed by atoms with E-state index in [0.717, 1.165) is 22.7 Å². The molecule has 4 aromatic rings. The molecule has 2 aromatic carbocycles. The zero-order chi connectivity index (χ0) is 22.7. The van der Waals surface area contributed by atoms with Crippen molar-refractivity contribution in [1.82, 2.24) is 24.9 Å². The average molecular weight is 448 g/mol. The van der Waals surface area contributed by atoms with Gasteiger partial charge in [-0.1, -0.05) is 35.5 Å². The highest BCUT2D eigenvalue weighted by atomic mass is 32.1. The average Bonchev–Trinajstić information content (AvgIpc) is 3.37. The highest BCUT2D eigenvalue weighted by Crippen LogP contribution is 2.30. The molecule has 0 spiro atoms. The molecular formula is C24H25N5O2S. The van der Waals surface area contributed by atoms with E-state index in [1.807, 2.05) is 82.4 Å². The molecule has 0 fully saturated rings. The van der Waals surface area contributed by atoms with Crippen molar-refractivity contribution >= 4 is 17.2 Å². The highest BCUT2D eigenvalue weighted by Gasteiger charge is 2.23. The topological polar surface area (TPSA) is 73.1 Å². The van der Waals surface area contributed by atoms with Gasteiger partial charge in [0.05, 0.1) is 23.7 Å². The predicted molar refractivity (Wildman–Crippen MR) is 125 cm³/mol. The molecule has 8 heteroatoms. The van der Waals surface area contributed by atoms with E-state index in [1.165, 1.54) is 11.3 Å². The van der Waals surface area contributed by atoms with Crippen LogP contribution in [0.25, 0.3) is 16.4 Å². The highest BCUT2D eigenvalue weighted by molar-refractivity contribution is 7.17. The normalized spacial score (nSPS) is 10.9. The molecule has 32 heavy (non-hydrogen) atoms. The van der Waals surface area contributed by atoms with Crippen LogP contribution in [0.2, 0.25) is 0 Å². The van der Waals surface area contributed by atoms with Gasteiger partial charge in [0, 0.05) is 13.6 Å². The Hall–Kier alpha value is -3.52. The van der Waals surface area contributed by atoms with Crippen molar-refractivity contribution in [2.24, 2.45) is 0 Å². The first-order valence-corrected chi connectivity index (χ1v) is 11.2. The molecular weight excluding hydrogens is 422 g/mol. The summed E-state index contributed by atoms with van der Waals surface area (Å²) >= 11 is 1.35. The van der Waals surface area contributed by atoms with Gasteiger partial charge in [0.15, 0.2) is 0 Å². The van der Waals surface area contributed by atoms with Crippen LogP contribution in [-0.2, 0) is 6.54 Å². The Bertz CT molecular complexity index is 1220. The fraction of sp³-hybridized carbons (Fsp3) is 0.250. The summed E-state index contributed by atoms with van der Waals surface area (Å²) in [6.45, 7) is 6.92. The van der Waals surface area contributed by atoms with E-state index < -0.39 is 0 Å². The van der Waals surface area contributed by atoms with Gasteiger partial charge < -0.3 is 9.64 Å². The summed E-state index contributed by atoms with van der Waals surface area (Å²) in [5, 5.41) is 9.35. The van der Waals surface area contributed by atoms with Crippen LogP contribution in [0.15, 0.2) is 54.6 Å². The second-order valence-electron chi connectivity index (χ2n) is 7.44. The predicted octanol–water partition coefficient (Wildman–Crippen LogP) is 4.68. The largest absolute Gasteiger partial charge is 0.494 e. The van der Waals surface area contributed by atoms with E-state index in [-0.39, 0.29) is 5.91 Å². The maximum absolute atomic E-state index is 13.1. The Labute approximate surface area is 191 Å². The number of hydrogen-bond acceptors (Lipinski definition) is 6. The van der Waals surface area contributed by atoms with E-state index in [0.29, 0.717) is 34.4 Å². The Morgan fingerprint density at radius 3 is 2.50 bits per heavy atom. The van der Waals surface area contributed by atoms with Crippen molar-refractivity contribution in [3.8, 4) is 22.1 Å². The first kappa shape index (κ1) is 21.7.